The van der Waals surface area contributed by atoms with E-state index in [9.17, 15) is 9.90 Å². The highest BCUT2D eigenvalue weighted by molar-refractivity contribution is 5.83. The van der Waals surface area contributed by atoms with Crippen LogP contribution in [-0.4, -0.2) is 26.8 Å². The van der Waals surface area contributed by atoms with E-state index in [1.54, 1.807) is 35.2 Å². The van der Waals surface area contributed by atoms with Crippen LogP contribution < -0.4 is 5.43 Å². The summed E-state index contributed by atoms with van der Waals surface area (Å²) in [5, 5.41) is 13.1. The van der Waals surface area contributed by atoms with E-state index in [4.69, 9.17) is 0 Å². The average molecular weight is 294 g/mol. The van der Waals surface area contributed by atoms with Gasteiger partial charge in [0.15, 0.2) is 0 Å². The van der Waals surface area contributed by atoms with Crippen molar-refractivity contribution in [3.8, 4) is 5.75 Å². The molecule has 1 heterocycles. The van der Waals surface area contributed by atoms with E-state index in [2.05, 4.69) is 15.5 Å². The Labute approximate surface area is 126 Å². The van der Waals surface area contributed by atoms with E-state index in [0.29, 0.717) is 0 Å². The van der Waals surface area contributed by atoms with Crippen molar-refractivity contribution in [3.05, 3.63) is 60.4 Å². The summed E-state index contributed by atoms with van der Waals surface area (Å²) >= 11 is 0. The maximum atomic E-state index is 11.9. The zero-order valence-electron chi connectivity index (χ0n) is 11.7. The lowest BCUT2D eigenvalue weighted by molar-refractivity contribution is -0.121. The van der Waals surface area contributed by atoms with Crippen molar-refractivity contribution >= 4 is 23.2 Å². The molecule has 0 saturated carbocycles. The Morgan fingerprint density at radius 1 is 1.23 bits per heavy atom. The Kier molecular flexibility index (Phi) is 3.82. The third kappa shape index (κ3) is 3.12. The first-order valence-electron chi connectivity index (χ1n) is 6.73. The lowest BCUT2D eigenvalue weighted by Gasteiger charge is -2.02. The second-order valence-corrected chi connectivity index (χ2v) is 4.75. The molecular formula is C16H14N4O2. The van der Waals surface area contributed by atoms with Crippen LogP contribution in [0.4, 0.5) is 0 Å². The molecule has 0 unspecified atom stereocenters. The van der Waals surface area contributed by atoms with Crippen molar-refractivity contribution in [1.29, 1.82) is 0 Å². The van der Waals surface area contributed by atoms with Crippen LogP contribution in [0.25, 0.3) is 11.0 Å². The number of fused-ring (bicyclic) bond motifs is 1. The molecule has 0 aliphatic carbocycles. The fraction of sp³-hybridized carbons (Fsp3) is 0.0625. The van der Waals surface area contributed by atoms with Crippen LogP contribution in [0.1, 0.15) is 5.56 Å². The smallest absolute Gasteiger partial charge is 0.260 e. The summed E-state index contributed by atoms with van der Waals surface area (Å²) in [4.78, 5) is 16.1. The number of nitrogens with one attached hydrogen (secondary N) is 1. The van der Waals surface area contributed by atoms with Crippen molar-refractivity contribution in [2.75, 3.05) is 0 Å². The Bertz CT molecular complexity index is 822. The predicted molar refractivity (Wildman–Crippen MR) is 83.6 cm³/mol. The number of hydrazone groups is 1. The van der Waals surface area contributed by atoms with E-state index in [1.807, 2.05) is 24.3 Å². The summed E-state index contributed by atoms with van der Waals surface area (Å²) < 4.78 is 1.76. The van der Waals surface area contributed by atoms with Crippen molar-refractivity contribution in [3.63, 3.8) is 0 Å². The number of benzene rings is 2. The summed E-state index contributed by atoms with van der Waals surface area (Å²) in [5.41, 5.74) is 5.00. The van der Waals surface area contributed by atoms with Gasteiger partial charge in [0.25, 0.3) is 5.91 Å². The molecule has 0 aliphatic heterocycles. The molecule has 2 N–H and O–H groups in total. The zero-order chi connectivity index (χ0) is 15.4. The highest BCUT2D eigenvalue weighted by atomic mass is 16.3. The largest absolute Gasteiger partial charge is 0.508 e. The molecule has 110 valence electrons. The normalized spacial score (nSPS) is 11.1. The summed E-state index contributed by atoms with van der Waals surface area (Å²) in [6, 6.07) is 14.1. The van der Waals surface area contributed by atoms with Gasteiger partial charge in [0.05, 0.1) is 23.6 Å². The molecule has 3 rings (SSSR count). The number of phenols is 1. The SMILES string of the molecule is O=C(Cn1cnc2ccccc21)N/N=C/c1ccc(O)cc1. The first kappa shape index (κ1) is 13.8. The molecule has 0 aliphatic rings. The Balaban J connectivity index is 1.62. The zero-order valence-corrected chi connectivity index (χ0v) is 11.7. The number of carbonyl (C=O) groups is 1. The minimum atomic E-state index is -0.238. The van der Waals surface area contributed by atoms with Gasteiger partial charge in [-0.15, -0.1) is 0 Å². The Morgan fingerprint density at radius 3 is 2.82 bits per heavy atom. The van der Waals surface area contributed by atoms with Gasteiger partial charge in [-0.2, -0.15) is 5.10 Å². The molecule has 6 heteroatoms. The van der Waals surface area contributed by atoms with Gasteiger partial charge >= 0.3 is 0 Å². The number of hydrogen-bond acceptors (Lipinski definition) is 4. The molecule has 0 spiro atoms. The number of amides is 1. The molecule has 6 nitrogen and oxygen atoms in total. The molecule has 0 radical (unpaired) electrons. The average Bonchev–Trinajstić information content (AvgIpc) is 2.93. The van der Waals surface area contributed by atoms with Crippen LogP contribution in [-0.2, 0) is 11.3 Å². The number of carbonyl (C=O) groups excluding carboxylic acids is 1. The van der Waals surface area contributed by atoms with E-state index < -0.39 is 0 Å². The molecule has 3 aromatic rings. The number of imidazole rings is 1. The fourth-order valence-electron chi connectivity index (χ4n) is 2.07. The van der Waals surface area contributed by atoms with E-state index in [-0.39, 0.29) is 18.2 Å². The van der Waals surface area contributed by atoms with Crippen LogP contribution in [0.2, 0.25) is 0 Å². The van der Waals surface area contributed by atoms with Gasteiger partial charge in [-0.1, -0.05) is 12.1 Å². The van der Waals surface area contributed by atoms with Gasteiger partial charge in [0.2, 0.25) is 0 Å². The van der Waals surface area contributed by atoms with Gasteiger partial charge in [0, 0.05) is 0 Å². The molecule has 1 aromatic heterocycles. The second kappa shape index (κ2) is 6.09. The molecule has 0 saturated heterocycles. The quantitative estimate of drug-likeness (QED) is 0.569. The first-order chi connectivity index (χ1) is 10.7. The number of rotatable bonds is 4. The summed E-state index contributed by atoms with van der Waals surface area (Å²) in [5.74, 6) is -0.0497. The topological polar surface area (TPSA) is 79.5 Å². The molecular weight excluding hydrogens is 280 g/mol. The van der Waals surface area contributed by atoms with E-state index in [0.717, 1.165) is 16.6 Å². The van der Waals surface area contributed by atoms with Crippen LogP contribution >= 0.6 is 0 Å². The molecule has 0 bridgehead atoms. The predicted octanol–water partition coefficient (Wildman–Crippen LogP) is 1.89. The van der Waals surface area contributed by atoms with Crippen LogP contribution in [0, 0.1) is 0 Å². The number of para-hydroxylation sites is 2. The van der Waals surface area contributed by atoms with Gasteiger partial charge in [-0.25, -0.2) is 10.4 Å². The number of aromatic hydroxyl groups is 1. The van der Waals surface area contributed by atoms with Crippen LogP contribution in [0.15, 0.2) is 60.0 Å². The summed E-state index contributed by atoms with van der Waals surface area (Å²) in [7, 11) is 0. The molecule has 0 fully saturated rings. The number of nitrogens with zero attached hydrogens (tertiary/aromatic N) is 3. The highest BCUT2D eigenvalue weighted by Gasteiger charge is 2.05. The summed E-state index contributed by atoms with van der Waals surface area (Å²) in [6.45, 7) is 0.146. The van der Waals surface area contributed by atoms with Crippen LogP contribution in [0.5, 0.6) is 5.75 Å². The molecule has 22 heavy (non-hydrogen) atoms. The minimum absolute atomic E-state index is 0.146. The maximum absolute atomic E-state index is 11.9. The van der Waals surface area contributed by atoms with Gasteiger partial charge in [-0.05, 0) is 42.0 Å². The van der Waals surface area contributed by atoms with Crippen molar-refractivity contribution in [2.24, 2.45) is 5.10 Å². The van der Waals surface area contributed by atoms with E-state index >= 15 is 0 Å². The fourth-order valence-corrected chi connectivity index (χ4v) is 2.07. The van der Waals surface area contributed by atoms with Crippen LogP contribution in [0.3, 0.4) is 0 Å². The van der Waals surface area contributed by atoms with Crippen molar-refractivity contribution in [2.45, 2.75) is 6.54 Å². The first-order valence-corrected chi connectivity index (χ1v) is 6.73. The molecule has 0 atom stereocenters. The third-order valence-corrected chi connectivity index (χ3v) is 3.14. The Hall–Kier alpha value is -3.15. The maximum Gasteiger partial charge on any atom is 0.260 e. The Morgan fingerprint density at radius 2 is 2.00 bits per heavy atom. The third-order valence-electron chi connectivity index (χ3n) is 3.14. The number of hydrogen-bond donors (Lipinski definition) is 2. The lowest BCUT2D eigenvalue weighted by atomic mass is 10.2. The highest BCUT2D eigenvalue weighted by Crippen LogP contribution is 2.11. The van der Waals surface area contributed by atoms with Gasteiger partial charge < -0.3 is 9.67 Å². The van der Waals surface area contributed by atoms with Crippen molar-refractivity contribution < 1.29 is 9.90 Å². The minimum Gasteiger partial charge on any atom is -0.508 e. The second-order valence-electron chi connectivity index (χ2n) is 4.75. The van der Waals surface area contributed by atoms with Gasteiger partial charge in [-0.3, -0.25) is 4.79 Å². The monoisotopic (exact) mass is 294 g/mol. The molecule has 2 aromatic carbocycles. The number of phenolic OH excluding ortho intramolecular Hbond substituents is 1. The van der Waals surface area contributed by atoms with Crippen molar-refractivity contribution in [1.82, 2.24) is 15.0 Å². The standard InChI is InChI=1S/C16H14N4O2/c21-13-7-5-12(6-8-13)9-18-19-16(22)10-20-11-17-14-3-1-2-4-15(14)20/h1-9,11,21H,10H2,(H,19,22)/b18-9+. The van der Waals surface area contributed by atoms with E-state index in [1.165, 1.54) is 6.21 Å². The lowest BCUT2D eigenvalue weighted by Crippen LogP contribution is -2.22. The molecule has 1 amide bonds. The van der Waals surface area contributed by atoms with Gasteiger partial charge in [0.1, 0.15) is 12.3 Å². The number of aromatic nitrogens is 2. The summed E-state index contributed by atoms with van der Waals surface area (Å²) in [6.07, 6.45) is 3.15.